The second-order valence-electron chi connectivity index (χ2n) is 8.74. The first-order valence-corrected chi connectivity index (χ1v) is 11.3. The van der Waals surface area contributed by atoms with Gasteiger partial charge >= 0.3 is 0 Å². The van der Waals surface area contributed by atoms with Gasteiger partial charge in [-0.2, -0.15) is 5.26 Å². The van der Waals surface area contributed by atoms with Gasteiger partial charge in [0.2, 0.25) is 5.91 Å². The smallest absolute Gasteiger partial charge is 0.225 e. The Morgan fingerprint density at radius 1 is 1.27 bits per heavy atom. The Balaban J connectivity index is 1.49. The van der Waals surface area contributed by atoms with E-state index in [4.69, 9.17) is 14.3 Å². The van der Waals surface area contributed by atoms with Gasteiger partial charge in [0.05, 0.1) is 24.3 Å². The molecule has 1 amide bonds. The first kappa shape index (κ1) is 21.3. The first-order chi connectivity index (χ1) is 16.1. The zero-order valence-corrected chi connectivity index (χ0v) is 18.8. The predicted octanol–water partition coefficient (Wildman–Crippen LogP) is 3.11. The van der Waals surface area contributed by atoms with Crippen LogP contribution in [0.5, 0.6) is 0 Å². The van der Waals surface area contributed by atoms with Crippen molar-refractivity contribution in [2.45, 2.75) is 38.1 Å². The number of carbonyl (C=O) groups is 1. The number of hydrogen-bond donors (Lipinski definition) is 0. The number of benzene rings is 1. The fraction of sp³-hybridized carbons (Fsp3) is 0.458. The second kappa shape index (κ2) is 8.79. The molecule has 0 radical (unpaired) electrons. The Bertz CT molecular complexity index is 1230. The summed E-state index contributed by atoms with van der Waals surface area (Å²) in [6.45, 7) is 4.33. The molecule has 0 bridgehead atoms. The molecule has 3 heterocycles. The zero-order chi connectivity index (χ0) is 22.9. The van der Waals surface area contributed by atoms with Crippen LogP contribution in [0.1, 0.15) is 43.4 Å². The normalized spacial score (nSPS) is 18.5. The number of nitrogens with zero attached hydrogens (tertiary/aromatic N) is 6. The number of amides is 1. The summed E-state index contributed by atoms with van der Waals surface area (Å²) in [7, 11) is 1.60. The van der Waals surface area contributed by atoms with Crippen LogP contribution in [-0.2, 0) is 9.53 Å². The summed E-state index contributed by atoms with van der Waals surface area (Å²) >= 11 is 0. The molecule has 1 saturated heterocycles. The third-order valence-electron chi connectivity index (χ3n) is 6.46. The molecule has 0 N–H and O–H groups in total. The van der Waals surface area contributed by atoms with Crippen molar-refractivity contribution in [2.24, 2.45) is 0 Å². The molecule has 2 aliphatic rings. The van der Waals surface area contributed by atoms with Crippen molar-refractivity contribution in [1.82, 2.24) is 20.2 Å². The monoisotopic (exact) mass is 446 g/mol. The molecule has 1 atom stereocenters. The van der Waals surface area contributed by atoms with Crippen molar-refractivity contribution in [3.8, 4) is 17.2 Å². The van der Waals surface area contributed by atoms with E-state index in [-0.39, 0.29) is 11.9 Å². The molecule has 33 heavy (non-hydrogen) atoms. The summed E-state index contributed by atoms with van der Waals surface area (Å²) in [6, 6.07) is 10.0. The van der Waals surface area contributed by atoms with E-state index >= 15 is 0 Å². The topological polar surface area (TPSA) is 108 Å². The molecule has 9 nitrogen and oxygen atoms in total. The summed E-state index contributed by atoms with van der Waals surface area (Å²) in [5.41, 5.74) is 4.67. The number of rotatable bonds is 6. The Morgan fingerprint density at radius 3 is 2.85 bits per heavy atom. The van der Waals surface area contributed by atoms with Crippen LogP contribution in [0.3, 0.4) is 0 Å². The van der Waals surface area contributed by atoms with Gasteiger partial charge in [-0.05, 0) is 42.2 Å². The number of carbonyl (C=O) groups excluding carboxylic acids is 1. The molecule has 1 saturated carbocycles. The van der Waals surface area contributed by atoms with Gasteiger partial charge in [0.1, 0.15) is 22.9 Å². The summed E-state index contributed by atoms with van der Waals surface area (Å²) in [5, 5.41) is 18.0. The van der Waals surface area contributed by atoms with Crippen molar-refractivity contribution >= 4 is 22.8 Å². The molecule has 1 aliphatic heterocycles. The minimum Gasteiger partial charge on any atom is -0.384 e. The van der Waals surface area contributed by atoms with Gasteiger partial charge in [-0.25, -0.2) is 9.61 Å². The van der Waals surface area contributed by atoms with E-state index in [1.54, 1.807) is 7.11 Å². The maximum Gasteiger partial charge on any atom is 0.225 e. The number of hydrogen-bond acceptors (Lipinski definition) is 8. The standard InChI is InChI=1S/C24H26N6O3/c1-15-14-29(9-10-30(15)21(31)8-11-32-2)24-17(13-25)12-19(22(26-24)16-6-7-16)18-4-3-5-20-23(18)28-33-27-20/h3-5,12,15-16H,6-11,14H2,1-2H3/t15-/m1/s1. The molecule has 9 heteroatoms. The molecular formula is C24H26N6O3. The van der Waals surface area contributed by atoms with Gasteiger partial charge in [-0.1, -0.05) is 12.1 Å². The largest absolute Gasteiger partial charge is 0.384 e. The van der Waals surface area contributed by atoms with Crippen LogP contribution in [-0.4, -0.2) is 65.5 Å². The van der Waals surface area contributed by atoms with E-state index in [1.807, 2.05) is 36.1 Å². The van der Waals surface area contributed by atoms with Gasteiger partial charge < -0.3 is 14.5 Å². The zero-order valence-electron chi connectivity index (χ0n) is 18.8. The van der Waals surface area contributed by atoms with Crippen LogP contribution in [0.4, 0.5) is 5.82 Å². The van der Waals surface area contributed by atoms with Crippen LogP contribution >= 0.6 is 0 Å². The number of anilines is 1. The first-order valence-electron chi connectivity index (χ1n) is 11.3. The lowest BCUT2D eigenvalue weighted by Gasteiger charge is -2.41. The molecule has 5 rings (SSSR count). The number of piperazine rings is 1. The fourth-order valence-electron chi connectivity index (χ4n) is 4.60. The van der Waals surface area contributed by atoms with Crippen LogP contribution in [0.2, 0.25) is 0 Å². The average Bonchev–Trinajstić information content (AvgIpc) is 3.57. The van der Waals surface area contributed by atoms with Crippen LogP contribution < -0.4 is 4.90 Å². The van der Waals surface area contributed by atoms with Gasteiger partial charge in [-0.15, -0.1) is 0 Å². The van der Waals surface area contributed by atoms with Crippen molar-refractivity contribution in [2.75, 3.05) is 38.3 Å². The highest BCUT2D eigenvalue weighted by Gasteiger charge is 2.33. The number of nitriles is 1. The van der Waals surface area contributed by atoms with E-state index in [2.05, 4.69) is 21.3 Å². The summed E-state index contributed by atoms with van der Waals surface area (Å²) in [6.07, 6.45) is 2.54. The second-order valence-corrected chi connectivity index (χ2v) is 8.74. The third-order valence-corrected chi connectivity index (χ3v) is 6.46. The number of fused-ring (bicyclic) bond motifs is 1. The van der Waals surface area contributed by atoms with E-state index in [9.17, 15) is 10.1 Å². The highest BCUT2D eigenvalue weighted by atomic mass is 16.6. The molecule has 0 spiro atoms. The van der Waals surface area contributed by atoms with Crippen molar-refractivity contribution in [3.63, 3.8) is 0 Å². The summed E-state index contributed by atoms with van der Waals surface area (Å²) < 4.78 is 10.0. The summed E-state index contributed by atoms with van der Waals surface area (Å²) in [4.78, 5) is 21.6. The minimum absolute atomic E-state index is 0.0236. The Labute approximate surface area is 191 Å². The van der Waals surface area contributed by atoms with Gasteiger partial charge in [0, 0.05) is 49.8 Å². The number of aromatic nitrogens is 3. The van der Waals surface area contributed by atoms with Gasteiger partial charge in [0.25, 0.3) is 0 Å². The Kier molecular flexibility index (Phi) is 5.68. The van der Waals surface area contributed by atoms with E-state index in [0.29, 0.717) is 61.0 Å². The predicted molar refractivity (Wildman–Crippen MR) is 122 cm³/mol. The molecule has 0 unspecified atom stereocenters. The number of ether oxygens (including phenoxy) is 1. The lowest BCUT2D eigenvalue weighted by atomic mass is 9.98. The maximum atomic E-state index is 12.5. The number of methoxy groups -OCH3 is 1. The van der Waals surface area contributed by atoms with Crippen molar-refractivity contribution in [3.05, 3.63) is 35.5 Å². The van der Waals surface area contributed by atoms with Crippen LogP contribution in [0.15, 0.2) is 28.9 Å². The van der Waals surface area contributed by atoms with E-state index in [0.717, 1.165) is 29.7 Å². The van der Waals surface area contributed by atoms with Gasteiger partial charge in [0.15, 0.2) is 0 Å². The SMILES string of the molecule is COCCC(=O)N1CCN(c2nc(C3CC3)c(-c3cccc4nonc34)cc2C#N)C[C@H]1C. The third kappa shape index (κ3) is 4.02. The number of pyridine rings is 1. The molecular weight excluding hydrogens is 420 g/mol. The van der Waals surface area contributed by atoms with E-state index < -0.39 is 0 Å². The molecule has 2 fully saturated rings. The lowest BCUT2D eigenvalue weighted by Crippen LogP contribution is -2.54. The molecule has 1 aliphatic carbocycles. The Hall–Kier alpha value is -3.51. The van der Waals surface area contributed by atoms with Crippen molar-refractivity contribution < 1.29 is 14.2 Å². The van der Waals surface area contributed by atoms with Crippen LogP contribution in [0, 0.1) is 11.3 Å². The maximum absolute atomic E-state index is 12.5. The molecule has 1 aromatic carbocycles. The molecule has 3 aromatic rings. The summed E-state index contributed by atoms with van der Waals surface area (Å²) in [5.74, 6) is 1.17. The molecule has 2 aromatic heterocycles. The van der Waals surface area contributed by atoms with E-state index in [1.165, 1.54) is 0 Å². The quantitative estimate of drug-likeness (QED) is 0.568. The highest BCUT2D eigenvalue weighted by molar-refractivity contribution is 5.92. The highest BCUT2D eigenvalue weighted by Crippen LogP contribution is 2.45. The molecule has 170 valence electrons. The van der Waals surface area contributed by atoms with Crippen molar-refractivity contribution in [1.29, 1.82) is 5.26 Å². The van der Waals surface area contributed by atoms with Gasteiger partial charge in [-0.3, -0.25) is 4.79 Å². The Morgan fingerprint density at radius 2 is 2.12 bits per heavy atom. The average molecular weight is 447 g/mol. The van der Waals surface area contributed by atoms with Crippen LogP contribution in [0.25, 0.3) is 22.2 Å². The minimum atomic E-state index is 0.0236. The fourth-order valence-corrected chi connectivity index (χ4v) is 4.60. The lowest BCUT2D eigenvalue weighted by molar-refractivity contribution is -0.134.